The molecule has 0 aromatic rings. The number of nitrogens with one attached hydrogen (secondary N) is 3. The van der Waals surface area contributed by atoms with Gasteiger partial charge in [0.25, 0.3) is 0 Å². The minimum Gasteiger partial charge on any atom is -0.444 e. The van der Waals surface area contributed by atoms with E-state index in [-0.39, 0.29) is 36.7 Å². The summed E-state index contributed by atoms with van der Waals surface area (Å²) in [5.74, 6) is 0.651. The topological polar surface area (TPSA) is 74.8 Å². The van der Waals surface area contributed by atoms with Gasteiger partial charge in [-0.25, -0.2) is 4.79 Å². The third kappa shape index (κ3) is 16.4. The molecule has 0 saturated heterocycles. The maximum absolute atomic E-state index is 12.2. The molecule has 0 aromatic heterocycles. The molecule has 3 N–H and O–H groups in total. The van der Waals surface area contributed by atoms with Gasteiger partial charge in [-0.3, -0.25) is 9.38 Å². The van der Waals surface area contributed by atoms with Gasteiger partial charge >= 0.3 is 6.09 Å². The normalized spacial score (nSPS) is 12.8. The van der Waals surface area contributed by atoms with Crippen molar-refractivity contribution in [3.05, 3.63) is 0 Å². The van der Waals surface area contributed by atoms with Crippen LogP contribution in [0.1, 0.15) is 60.3 Å². The highest BCUT2D eigenvalue weighted by Crippen LogP contribution is 2.07. The molecule has 0 heterocycles. The van der Waals surface area contributed by atoms with Crippen LogP contribution in [0, 0.1) is 0 Å². The third-order valence-corrected chi connectivity index (χ3v) is 3.04. The fourth-order valence-electron chi connectivity index (χ4n) is 1.96. The van der Waals surface area contributed by atoms with Crippen LogP contribution in [0.5, 0.6) is 0 Å². The van der Waals surface area contributed by atoms with Gasteiger partial charge in [0.2, 0.25) is 0 Å². The van der Waals surface area contributed by atoms with E-state index < -0.39 is 11.7 Å². The van der Waals surface area contributed by atoms with Crippen molar-refractivity contribution >= 4 is 36.0 Å². The van der Waals surface area contributed by atoms with Crippen LogP contribution in [0.15, 0.2) is 4.99 Å². The number of amides is 1. The molecule has 0 aliphatic carbocycles. The molecule has 0 bridgehead atoms. The molecule has 0 aliphatic heterocycles. The SMILES string of the molecule is CCCCC(CNC(=O)OC(C)(C)C)NC(=NCCCF)NCC.I. The van der Waals surface area contributed by atoms with Crippen molar-refractivity contribution < 1.29 is 13.9 Å². The number of alkyl halides is 1. The molecule has 150 valence electrons. The average Bonchev–Trinajstić information content (AvgIpc) is 2.48. The summed E-state index contributed by atoms with van der Waals surface area (Å²) in [6.07, 6.45) is 2.99. The molecule has 1 atom stereocenters. The molecule has 0 rings (SSSR count). The van der Waals surface area contributed by atoms with Crippen molar-refractivity contribution in [1.29, 1.82) is 0 Å². The Balaban J connectivity index is 0. The number of carbonyl (C=O) groups excluding carboxylic acids is 1. The van der Waals surface area contributed by atoms with Crippen molar-refractivity contribution in [2.75, 3.05) is 26.3 Å². The molecule has 6 nitrogen and oxygen atoms in total. The van der Waals surface area contributed by atoms with E-state index in [9.17, 15) is 9.18 Å². The minimum atomic E-state index is -0.515. The van der Waals surface area contributed by atoms with Crippen molar-refractivity contribution in [2.24, 2.45) is 4.99 Å². The van der Waals surface area contributed by atoms with Crippen molar-refractivity contribution in [2.45, 2.75) is 71.9 Å². The molecule has 8 heteroatoms. The Morgan fingerprint density at radius 1 is 1.20 bits per heavy atom. The number of unbranched alkanes of at least 4 members (excludes halogenated alkanes) is 1. The van der Waals surface area contributed by atoms with Crippen molar-refractivity contribution in [3.63, 3.8) is 0 Å². The fraction of sp³-hybridized carbons (Fsp3) is 0.882. The standard InChI is InChI=1S/C17H35FN4O2.HI/c1-6-8-10-14(13-21-16(23)24-17(3,4)5)22-15(19-7-2)20-12-9-11-18;/h14H,6-13H2,1-5H3,(H,21,23)(H2,19,20,22);1H. The van der Waals surface area contributed by atoms with Crippen LogP contribution in [0.25, 0.3) is 0 Å². The smallest absolute Gasteiger partial charge is 0.407 e. The number of guanidine groups is 1. The molecule has 0 saturated carbocycles. The Hall–Kier alpha value is -0.800. The van der Waals surface area contributed by atoms with E-state index in [1.54, 1.807) is 0 Å². The maximum atomic E-state index is 12.2. The number of carbonyl (C=O) groups is 1. The Labute approximate surface area is 169 Å². The number of alkyl carbamates (subject to hydrolysis) is 1. The first-order valence-electron chi connectivity index (χ1n) is 8.90. The predicted octanol–water partition coefficient (Wildman–Crippen LogP) is 3.60. The summed E-state index contributed by atoms with van der Waals surface area (Å²) >= 11 is 0. The van der Waals surface area contributed by atoms with E-state index in [1.807, 2.05) is 27.7 Å². The second-order valence-electron chi connectivity index (χ2n) is 6.67. The van der Waals surface area contributed by atoms with E-state index in [0.717, 1.165) is 25.8 Å². The number of hydrogen-bond donors (Lipinski definition) is 3. The summed E-state index contributed by atoms with van der Waals surface area (Å²) in [4.78, 5) is 16.2. The molecular weight excluding hydrogens is 438 g/mol. The lowest BCUT2D eigenvalue weighted by molar-refractivity contribution is 0.0522. The van der Waals surface area contributed by atoms with Gasteiger partial charge in [0.05, 0.1) is 6.67 Å². The number of nitrogens with zero attached hydrogens (tertiary/aromatic N) is 1. The molecule has 0 aromatic carbocycles. The second kappa shape index (κ2) is 15.5. The van der Waals surface area contributed by atoms with Crippen LogP contribution in [0.2, 0.25) is 0 Å². The lowest BCUT2D eigenvalue weighted by Crippen LogP contribution is -2.49. The predicted molar refractivity (Wildman–Crippen MR) is 113 cm³/mol. The number of rotatable bonds is 10. The molecule has 0 radical (unpaired) electrons. The first-order valence-corrected chi connectivity index (χ1v) is 8.90. The largest absolute Gasteiger partial charge is 0.444 e. The van der Waals surface area contributed by atoms with Crippen LogP contribution in [-0.4, -0.2) is 50.0 Å². The second-order valence-corrected chi connectivity index (χ2v) is 6.67. The zero-order chi connectivity index (χ0) is 18.4. The Bertz CT molecular complexity index is 376. The highest BCUT2D eigenvalue weighted by molar-refractivity contribution is 14.0. The Morgan fingerprint density at radius 2 is 1.88 bits per heavy atom. The summed E-state index contributed by atoms with van der Waals surface area (Å²) in [5, 5.41) is 9.26. The van der Waals surface area contributed by atoms with E-state index in [0.29, 0.717) is 25.5 Å². The zero-order valence-corrected chi connectivity index (χ0v) is 18.6. The summed E-state index contributed by atoms with van der Waals surface area (Å²) < 4.78 is 17.5. The molecular formula is C17H36FIN4O2. The zero-order valence-electron chi connectivity index (χ0n) is 16.3. The summed E-state index contributed by atoms with van der Waals surface area (Å²) in [6, 6.07) is 0.0423. The molecule has 25 heavy (non-hydrogen) atoms. The lowest BCUT2D eigenvalue weighted by atomic mass is 10.1. The molecule has 0 aliphatic rings. The Morgan fingerprint density at radius 3 is 2.40 bits per heavy atom. The van der Waals surface area contributed by atoms with Gasteiger partial charge < -0.3 is 20.7 Å². The van der Waals surface area contributed by atoms with Gasteiger partial charge in [-0.1, -0.05) is 19.8 Å². The minimum absolute atomic E-state index is 0. The van der Waals surface area contributed by atoms with Crippen LogP contribution < -0.4 is 16.0 Å². The van der Waals surface area contributed by atoms with Crippen LogP contribution in [0.3, 0.4) is 0 Å². The highest BCUT2D eigenvalue weighted by Gasteiger charge is 2.18. The number of aliphatic imine (C=N–C) groups is 1. The monoisotopic (exact) mass is 474 g/mol. The van der Waals surface area contributed by atoms with Crippen molar-refractivity contribution in [1.82, 2.24) is 16.0 Å². The third-order valence-electron chi connectivity index (χ3n) is 3.04. The van der Waals surface area contributed by atoms with Gasteiger partial charge in [-0.15, -0.1) is 24.0 Å². The van der Waals surface area contributed by atoms with Crippen molar-refractivity contribution in [3.8, 4) is 0 Å². The maximum Gasteiger partial charge on any atom is 0.407 e. The summed E-state index contributed by atoms with van der Waals surface area (Å²) in [6.45, 7) is 10.8. The summed E-state index contributed by atoms with van der Waals surface area (Å²) in [5.41, 5.74) is -0.515. The van der Waals surface area contributed by atoms with E-state index in [4.69, 9.17) is 4.74 Å². The number of ether oxygens (including phenoxy) is 1. The number of hydrogen-bond acceptors (Lipinski definition) is 3. The molecule has 1 amide bonds. The van der Waals surface area contributed by atoms with Gasteiger partial charge in [-0.05, 0) is 40.5 Å². The molecule has 0 spiro atoms. The first-order chi connectivity index (χ1) is 11.3. The first kappa shape index (κ1) is 26.4. The van der Waals surface area contributed by atoms with Crippen LogP contribution in [-0.2, 0) is 4.74 Å². The van der Waals surface area contributed by atoms with Crippen LogP contribution in [0.4, 0.5) is 9.18 Å². The quantitative estimate of drug-likeness (QED) is 0.196. The summed E-state index contributed by atoms with van der Waals surface area (Å²) in [7, 11) is 0. The lowest BCUT2D eigenvalue weighted by Gasteiger charge is -2.24. The van der Waals surface area contributed by atoms with Gasteiger partial charge in [0.15, 0.2) is 5.96 Å². The van der Waals surface area contributed by atoms with Gasteiger partial charge in [-0.2, -0.15) is 0 Å². The Kier molecular flexibility index (Phi) is 16.3. The van der Waals surface area contributed by atoms with E-state index >= 15 is 0 Å². The highest BCUT2D eigenvalue weighted by atomic mass is 127. The average molecular weight is 474 g/mol. The molecule has 1 unspecified atom stereocenters. The van der Waals surface area contributed by atoms with Gasteiger partial charge in [0.1, 0.15) is 5.60 Å². The van der Waals surface area contributed by atoms with Crippen LogP contribution >= 0.6 is 24.0 Å². The number of halogens is 2. The fourth-order valence-corrected chi connectivity index (χ4v) is 1.96. The van der Waals surface area contributed by atoms with E-state index in [1.165, 1.54) is 0 Å². The van der Waals surface area contributed by atoms with E-state index in [2.05, 4.69) is 27.9 Å². The van der Waals surface area contributed by atoms with Gasteiger partial charge in [0, 0.05) is 25.7 Å². The molecule has 0 fully saturated rings.